The van der Waals surface area contributed by atoms with Crippen LogP contribution in [0, 0.1) is 6.92 Å². The van der Waals surface area contributed by atoms with Crippen molar-refractivity contribution in [1.29, 1.82) is 0 Å². The van der Waals surface area contributed by atoms with E-state index in [0.717, 1.165) is 6.07 Å². The van der Waals surface area contributed by atoms with Gasteiger partial charge in [-0.15, -0.1) is 0 Å². The molecule has 0 saturated carbocycles. The van der Waals surface area contributed by atoms with Crippen molar-refractivity contribution in [2.24, 2.45) is 7.05 Å². The third kappa shape index (κ3) is 6.06. The molecular weight excluding hydrogens is 523 g/mol. The van der Waals surface area contributed by atoms with E-state index in [2.05, 4.69) is 10.6 Å². The van der Waals surface area contributed by atoms with Gasteiger partial charge in [-0.25, -0.2) is 4.79 Å². The minimum Gasteiger partial charge on any atom is -0.465 e. The van der Waals surface area contributed by atoms with Crippen LogP contribution in [0.4, 0.5) is 23.7 Å². The zero-order valence-corrected chi connectivity index (χ0v) is 21.6. The predicted octanol–water partition coefficient (Wildman–Crippen LogP) is 5.79. The number of alkyl halides is 3. The summed E-state index contributed by atoms with van der Waals surface area (Å²) in [5.74, 6) is -1.60. The van der Waals surface area contributed by atoms with E-state index in [9.17, 15) is 32.7 Å². The third-order valence-corrected chi connectivity index (χ3v) is 6.71. The topological polar surface area (TPSA) is 100 Å². The summed E-state index contributed by atoms with van der Waals surface area (Å²) in [4.78, 5) is 37.2. The molecule has 40 heavy (non-hydrogen) atoms. The summed E-state index contributed by atoms with van der Waals surface area (Å²) in [5, 5.41) is 14.3. The summed E-state index contributed by atoms with van der Waals surface area (Å²) in [7, 11) is 1.47. The summed E-state index contributed by atoms with van der Waals surface area (Å²) in [6, 6.07) is 22.0. The molecule has 0 radical (unpaired) electrons. The fourth-order valence-corrected chi connectivity index (χ4v) is 4.66. The van der Waals surface area contributed by atoms with E-state index in [1.165, 1.54) is 35.9 Å². The van der Waals surface area contributed by atoms with E-state index >= 15 is 0 Å². The van der Waals surface area contributed by atoms with Gasteiger partial charge >= 0.3 is 12.3 Å². The fraction of sp³-hybridized carbons (Fsp3) is 0.167. The van der Waals surface area contributed by atoms with Crippen molar-refractivity contribution in [3.8, 4) is 11.1 Å². The number of carbonyl (C=O) groups excluding carboxylic acids is 1. The summed E-state index contributed by atoms with van der Waals surface area (Å²) < 4.78 is 43.8. The quantitative estimate of drug-likeness (QED) is 0.272. The van der Waals surface area contributed by atoms with Crippen LogP contribution in [0.2, 0.25) is 0 Å². The highest BCUT2D eigenvalue weighted by molar-refractivity contribution is 5.98. The summed E-state index contributed by atoms with van der Waals surface area (Å²) in [6.45, 7) is 1.54. The number of benzene rings is 3. The van der Waals surface area contributed by atoms with Gasteiger partial charge in [-0.1, -0.05) is 66.7 Å². The molecule has 206 valence electrons. The summed E-state index contributed by atoms with van der Waals surface area (Å²) in [5.41, 5.74) is 0.128. The number of nitrogens with zero attached hydrogens (tertiary/aromatic N) is 1. The summed E-state index contributed by atoms with van der Waals surface area (Å²) >= 11 is 0. The van der Waals surface area contributed by atoms with Gasteiger partial charge in [-0.05, 0) is 41.8 Å². The van der Waals surface area contributed by atoms with Crippen molar-refractivity contribution in [1.82, 2.24) is 9.88 Å². The van der Waals surface area contributed by atoms with Gasteiger partial charge in [0.15, 0.2) is 0 Å². The first-order valence-electron chi connectivity index (χ1n) is 12.3. The number of pyridine rings is 1. The molecule has 0 unspecified atom stereocenters. The van der Waals surface area contributed by atoms with Crippen LogP contribution in [0.1, 0.15) is 28.3 Å². The SMILES string of the molecule is Cc1c(-c2ccc(NC(=O)[C@@H](NC(=O)O)C(c3ccccc3)c3ccccc3)cc2C(F)(F)F)ccc(=O)n1C. The highest BCUT2D eigenvalue weighted by Crippen LogP contribution is 2.39. The largest absolute Gasteiger partial charge is 0.465 e. The molecule has 4 aromatic rings. The van der Waals surface area contributed by atoms with Crippen LogP contribution < -0.4 is 16.2 Å². The Balaban J connectivity index is 1.76. The predicted molar refractivity (Wildman–Crippen MR) is 145 cm³/mol. The number of amides is 2. The molecule has 0 aliphatic carbocycles. The normalized spacial score (nSPS) is 12.2. The number of hydrogen-bond acceptors (Lipinski definition) is 3. The molecule has 3 aromatic carbocycles. The lowest BCUT2D eigenvalue weighted by atomic mass is 9.84. The minimum atomic E-state index is -4.79. The molecule has 1 atom stereocenters. The smallest absolute Gasteiger partial charge is 0.417 e. The maximum absolute atomic E-state index is 14.2. The van der Waals surface area contributed by atoms with Gasteiger partial charge in [-0.2, -0.15) is 13.2 Å². The number of carboxylic acid groups (broad SMARTS) is 1. The van der Waals surface area contributed by atoms with Crippen LogP contribution in [0.5, 0.6) is 0 Å². The third-order valence-electron chi connectivity index (χ3n) is 6.71. The van der Waals surface area contributed by atoms with E-state index in [1.807, 2.05) is 0 Å². The van der Waals surface area contributed by atoms with Crippen molar-refractivity contribution >= 4 is 17.7 Å². The van der Waals surface area contributed by atoms with E-state index in [1.54, 1.807) is 67.6 Å². The molecule has 2 amide bonds. The first-order chi connectivity index (χ1) is 19.0. The Morgan fingerprint density at radius 3 is 1.93 bits per heavy atom. The van der Waals surface area contributed by atoms with Crippen molar-refractivity contribution in [3.63, 3.8) is 0 Å². The molecule has 0 saturated heterocycles. The zero-order chi connectivity index (χ0) is 29.0. The van der Waals surface area contributed by atoms with Crippen LogP contribution in [-0.4, -0.2) is 27.7 Å². The van der Waals surface area contributed by atoms with E-state index in [0.29, 0.717) is 16.8 Å². The standard InChI is InChI=1S/C30H26F3N3O4/c1-18-22(15-16-25(37)36(18)2)23-14-13-21(17-24(23)30(31,32)33)34-28(38)27(35-29(39)40)26(19-9-5-3-6-10-19)20-11-7-4-8-12-20/h3-17,26-27,35H,1-2H3,(H,34,38)(H,39,40)/t27-/m0/s1. The second-order valence-corrected chi connectivity index (χ2v) is 9.20. The molecular formula is C30H26F3N3O4. The van der Waals surface area contributed by atoms with Gasteiger partial charge in [0.05, 0.1) is 5.56 Å². The van der Waals surface area contributed by atoms with Crippen LogP contribution in [-0.2, 0) is 18.0 Å². The van der Waals surface area contributed by atoms with Crippen LogP contribution in [0.15, 0.2) is 95.8 Å². The Kier molecular flexibility index (Phi) is 8.08. The van der Waals surface area contributed by atoms with Crippen LogP contribution in [0.3, 0.4) is 0 Å². The lowest BCUT2D eigenvalue weighted by Crippen LogP contribution is -2.47. The van der Waals surface area contributed by atoms with Gasteiger partial charge in [0.1, 0.15) is 6.04 Å². The Bertz CT molecular complexity index is 1550. The molecule has 10 heteroatoms. The zero-order valence-electron chi connectivity index (χ0n) is 21.6. The van der Waals surface area contributed by atoms with Crippen molar-refractivity contribution in [3.05, 3.63) is 124 Å². The molecule has 0 aliphatic rings. The molecule has 4 rings (SSSR count). The Morgan fingerprint density at radius 1 is 0.850 bits per heavy atom. The van der Waals surface area contributed by atoms with E-state index in [4.69, 9.17) is 0 Å². The van der Waals surface area contributed by atoms with Crippen LogP contribution >= 0.6 is 0 Å². The first-order valence-corrected chi connectivity index (χ1v) is 12.3. The average molecular weight is 550 g/mol. The van der Waals surface area contributed by atoms with Gasteiger partial charge in [0.2, 0.25) is 11.5 Å². The van der Waals surface area contributed by atoms with Gasteiger partial charge in [0, 0.05) is 36.0 Å². The second kappa shape index (κ2) is 11.5. The van der Waals surface area contributed by atoms with E-state index < -0.39 is 35.7 Å². The molecule has 1 heterocycles. The maximum Gasteiger partial charge on any atom is 0.417 e. The first kappa shape index (κ1) is 28.2. The maximum atomic E-state index is 14.2. The number of aromatic nitrogens is 1. The monoisotopic (exact) mass is 549 g/mol. The minimum absolute atomic E-state index is 0.162. The van der Waals surface area contributed by atoms with Crippen molar-refractivity contribution in [2.75, 3.05) is 5.32 Å². The fourth-order valence-electron chi connectivity index (χ4n) is 4.66. The molecule has 3 N–H and O–H groups in total. The average Bonchev–Trinajstić information content (AvgIpc) is 2.92. The number of halogens is 3. The number of rotatable bonds is 7. The molecule has 0 aliphatic heterocycles. The number of anilines is 1. The van der Waals surface area contributed by atoms with E-state index in [-0.39, 0.29) is 22.4 Å². The second-order valence-electron chi connectivity index (χ2n) is 9.20. The van der Waals surface area contributed by atoms with Crippen molar-refractivity contribution < 1.29 is 27.9 Å². The number of carbonyl (C=O) groups is 2. The van der Waals surface area contributed by atoms with Gasteiger partial charge < -0.3 is 20.3 Å². The lowest BCUT2D eigenvalue weighted by Gasteiger charge is -2.27. The molecule has 0 fully saturated rings. The lowest BCUT2D eigenvalue weighted by molar-refractivity contribution is -0.137. The Hall–Kier alpha value is -4.86. The highest BCUT2D eigenvalue weighted by atomic mass is 19.4. The molecule has 7 nitrogen and oxygen atoms in total. The van der Waals surface area contributed by atoms with Gasteiger partial charge in [-0.3, -0.25) is 9.59 Å². The number of hydrogen-bond donors (Lipinski definition) is 3. The Morgan fingerprint density at radius 2 is 1.40 bits per heavy atom. The molecule has 1 aromatic heterocycles. The van der Waals surface area contributed by atoms with Gasteiger partial charge in [0.25, 0.3) is 0 Å². The summed E-state index contributed by atoms with van der Waals surface area (Å²) in [6.07, 6.45) is -6.25. The molecule has 0 bridgehead atoms. The highest BCUT2D eigenvalue weighted by Gasteiger charge is 2.36. The number of nitrogens with one attached hydrogen (secondary N) is 2. The molecule has 0 spiro atoms. The Labute approximate surface area is 227 Å². The van der Waals surface area contributed by atoms with Crippen LogP contribution in [0.25, 0.3) is 11.1 Å². The van der Waals surface area contributed by atoms with Crippen molar-refractivity contribution in [2.45, 2.75) is 25.1 Å².